The normalized spacial score (nSPS) is 15.1. The van der Waals surface area contributed by atoms with E-state index in [1.54, 1.807) is 28.5 Å². The first-order valence-electron chi connectivity index (χ1n) is 8.92. The summed E-state index contributed by atoms with van der Waals surface area (Å²) in [6, 6.07) is 10.3. The summed E-state index contributed by atoms with van der Waals surface area (Å²) in [5.74, 6) is -0.130. The van der Waals surface area contributed by atoms with Crippen molar-refractivity contribution in [3.05, 3.63) is 64.9 Å². The zero-order valence-electron chi connectivity index (χ0n) is 15.3. The fourth-order valence-corrected chi connectivity index (χ4v) is 4.08. The van der Waals surface area contributed by atoms with Crippen molar-refractivity contribution >= 4 is 38.7 Å². The van der Waals surface area contributed by atoms with Gasteiger partial charge in [0.15, 0.2) is 0 Å². The highest BCUT2D eigenvalue weighted by atomic mass is 32.1. The van der Waals surface area contributed by atoms with Crippen LogP contribution in [0.25, 0.3) is 10.1 Å². The molecule has 1 amide bonds. The van der Waals surface area contributed by atoms with E-state index in [2.05, 4.69) is 28.6 Å². The average Bonchev–Trinajstić information content (AvgIpc) is 3.26. The Hall–Kier alpha value is -3.37. The third-order valence-electron chi connectivity index (χ3n) is 4.92. The van der Waals surface area contributed by atoms with Crippen LogP contribution in [0, 0.1) is 24.2 Å². The number of aromatic amines is 1. The number of nitrogens with two attached hydrogens (primary N) is 1. The van der Waals surface area contributed by atoms with Crippen molar-refractivity contribution in [2.45, 2.75) is 6.92 Å². The average molecular weight is 389 g/mol. The lowest BCUT2D eigenvalue weighted by atomic mass is 10.00. The number of rotatable bonds is 4. The number of carbonyl (C=O) groups is 1. The molecule has 0 atom stereocenters. The van der Waals surface area contributed by atoms with Crippen LogP contribution in [0.3, 0.4) is 0 Å². The molecule has 1 saturated heterocycles. The first kappa shape index (κ1) is 18.0. The zero-order chi connectivity index (χ0) is 19.7. The van der Waals surface area contributed by atoms with E-state index in [-0.39, 0.29) is 11.8 Å². The first-order valence-corrected chi connectivity index (χ1v) is 9.80. The molecule has 3 N–H and O–H groups in total. The van der Waals surface area contributed by atoms with Gasteiger partial charge in [-0.15, -0.1) is 11.3 Å². The minimum atomic E-state index is -0.0673. The standard InChI is InChI=1S/C21H19N5OS/c1-13-17(21(27)26-11-14(9-23)12-26)10-24-20(13)18(4-6-22)25-16-2-3-19-15(8-16)5-7-28-19/h2-8,10,14,24H,11-12,22H2,1H3/b6-4-,25-18?. The Labute approximate surface area is 166 Å². The van der Waals surface area contributed by atoms with E-state index < -0.39 is 0 Å². The molecule has 0 bridgehead atoms. The fourth-order valence-electron chi connectivity index (χ4n) is 3.31. The zero-order valence-corrected chi connectivity index (χ0v) is 16.2. The topological polar surface area (TPSA) is 98.3 Å². The van der Waals surface area contributed by atoms with Gasteiger partial charge in [-0.2, -0.15) is 5.26 Å². The molecule has 3 heterocycles. The van der Waals surface area contributed by atoms with Gasteiger partial charge in [0, 0.05) is 24.0 Å². The van der Waals surface area contributed by atoms with Crippen molar-refractivity contribution in [3.63, 3.8) is 0 Å². The molecule has 1 fully saturated rings. The smallest absolute Gasteiger partial charge is 0.255 e. The number of hydrogen-bond acceptors (Lipinski definition) is 5. The molecule has 0 spiro atoms. The van der Waals surface area contributed by atoms with E-state index in [0.717, 1.165) is 22.3 Å². The van der Waals surface area contributed by atoms with Gasteiger partial charge >= 0.3 is 0 Å². The summed E-state index contributed by atoms with van der Waals surface area (Å²) in [5.41, 5.74) is 9.29. The SMILES string of the molecule is Cc1c(C(=O)N2CC(C#N)C2)c[nH]c1C(/C=C\N)=Nc1ccc2sccc2c1. The van der Waals surface area contributed by atoms with Gasteiger partial charge in [-0.05, 0) is 59.8 Å². The van der Waals surface area contributed by atoms with Crippen LogP contribution in [0.2, 0.25) is 0 Å². The minimum Gasteiger partial charge on any atom is -0.405 e. The van der Waals surface area contributed by atoms with Crippen LogP contribution in [0.15, 0.2) is 53.1 Å². The maximum atomic E-state index is 12.7. The molecule has 1 aliphatic rings. The Bertz CT molecular complexity index is 1140. The number of amides is 1. The Morgan fingerprint density at radius 1 is 1.43 bits per heavy atom. The molecule has 6 nitrogen and oxygen atoms in total. The maximum absolute atomic E-state index is 12.7. The monoisotopic (exact) mass is 389 g/mol. The largest absolute Gasteiger partial charge is 0.405 e. The lowest BCUT2D eigenvalue weighted by Gasteiger charge is -2.35. The van der Waals surface area contributed by atoms with Gasteiger partial charge in [0.1, 0.15) is 0 Å². The number of allylic oxidation sites excluding steroid dienone is 1. The van der Waals surface area contributed by atoms with E-state index in [4.69, 9.17) is 16.0 Å². The highest BCUT2D eigenvalue weighted by Crippen LogP contribution is 2.27. The highest BCUT2D eigenvalue weighted by molar-refractivity contribution is 7.17. The highest BCUT2D eigenvalue weighted by Gasteiger charge is 2.32. The lowest BCUT2D eigenvalue weighted by molar-refractivity contribution is 0.0577. The molecule has 0 saturated carbocycles. The maximum Gasteiger partial charge on any atom is 0.255 e. The van der Waals surface area contributed by atoms with Gasteiger partial charge in [-0.25, -0.2) is 4.99 Å². The Morgan fingerprint density at radius 2 is 2.25 bits per heavy atom. The molecular formula is C21H19N5OS. The second kappa shape index (κ2) is 7.33. The number of aromatic nitrogens is 1. The number of nitrogens with zero attached hydrogens (tertiary/aromatic N) is 3. The Balaban J connectivity index is 1.66. The molecule has 0 aliphatic carbocycles. The Morgan fingerprint density at radius 3 is 3.00 bits per heavy atom. The third-order valence-corrected chi connectivity index (χ3v) is 5.82. The molecule has 3 aromatic rings. The molecule has 7 heteroatoms. The van der Waals surface area contributed by atoms with E-state index >= 15 is 0 Å². The molecule has 2 aromatic heterocycles. The summed E-state index contributed by atoms with van der Waals surface area (Å²) in [5, 5.41) is 12.1. The van der Waals surface area contributed by atoms with Gasteiger partial charge in [-0.3, -0.25) is 4.79 Å². The van der Waals surface area contributed by atoms with E-state index in [1.807, 2.05) is 19.1 Å². The number of carbonyl (C=O) groups excluding carboxylic acids is 1. The predicted molar refractivity (Wildman–Crippen MR) is 112 cm³/mol. The minimum absolute atomic E-state index is 0.0630. The number of hydrogen-bond donors (Lipinski definition) is 2. The van der Waals surface area contributed by atoms with Crippen LogP contribution in [-0.4, -0.2) is 34.6 Å². The van der Waals surface area contributed by atoms with Crippen LogP contribution in [0.1, 0.15) is 21.6 Å². The van der Waals surface area contributed by atoms with E-state index in [9.17, 15) is 4.79 Å². The first-order chi connectivity index (χ1) is 13.6. The molecular weight excluding hydrogens is 370 g/mol. The van der Waals surface area contributed by atoms with Crippen LogP contribution < -0.4 is 5.73 Å². The van der Waals surface area contributed by atoms with Crippen LogP contribution in [0.4, 0.5) is 5.69 Å². The van der Waals surface area contributed by atoms with E-state index in [0.29, 0.717) is 24.4 Å². The van der Waals surface area contributed by atoms with Crippen molar-refractivity contribution < 1.29 is 4.79 Å². The summed E-state index contributed by atoms with van der Waals surface area (Å²) < 4.78 is 1.21. The second-order valence-corrected chi connectivity index (χ2v) is 7.69. The van der Waals surface area contributed by atoms with Gasteiger partial charge in [0.25, 0.3) is 5.91 Å². The van der Waals surface area contributed by atoms with Crippen molar-refractivity contribution in [1.82, 2.24) is 9.88 Å². The van der Waals surface area contributed by atoms with Crippen LogP contribution in [-0.2, 0) is 0 Å². The molecule has 28 heavy (non-hydrogen) atoms. The molecule has 0 radical (unpaired) electrons. The summed E-state index contributed by atoms with van der Waals surface area (Å²) >= 11 is 1.69. The Kier molecular flexibility index (Phi) is 4.72. The number of benzene rings is 1. The van der Waals surface area contributed by atoms with Crippen molar-refractivity contribution in [3.8, 4) is 6.07 Å². The van der Waals surface area contributed by atoms with Gasteiger partial charge < -0.3 is 15.6 Å². The summed E-state index contributed by atoms with van der Waals surface area (Å²) in [6.07, 6.45) is 4.87. The van der Waals surface area contributed by atoms with Crippen LogP contribution in [0.5, 0.6) is 0 Å². The molecule has 140 valence electrons. The van der Waals surface area contributed by atoms with Gasteiger partial charge in [-0.1, -0.05) is 0 Å². The fraction of sp³-hybridized carbons (Fsp3) is 0.190. The second-order valence-electron chi connectivity index (χ2n) is 6.74. The van der Waals surface area contributed by atoms with Crippen LogP contribution >= 0.6 is 11.3 Å². The summed E-state index contributed by atoms with van der Waals surface area (Å²) in [4.78, 5) is 22.3. The van der Waals surface area contributed by atoms with Crippen molar-refractivity contribution in [2.24, 2.45) is 16.6 Å². The summed E-state index contributed by atoms with van der Waals surface area (Å²) in [7, 11) is 0. The number of fused-ring (bicyclic) bond motifs is 1. The number of aliphatic imine (C=N–C) groups is 1. The number of nitriles is 1. The number of likely N-dealkylation sites (tertiary alicyclic amines) is 1. The van der Waals surface area contributed by atoms with Crippen molar-refractivity contribution in [1.29, 1.82) is 5.26 Å². The van der Waals surface area contributed by atoms with E-state index in [1.165, 1.54) is 10.9 Å². The summed E-state index contributed by atoms with van der Waals surface area (Å²) in [6.45, 7) is 2.86. The lowest BCUT2D eigenvalue weighted by Crippen LogP contribution is -2.49. The molecule has 1 aromatic carbocycles. The molecule has 4 rings (SSSR count). The number of H-pyrrole nitrogens is 1. The molecule has 1 aliphatic heterocycles. The predicted octanol–water partition coefficient (Wildman–Crippen LogP) is 3.73. The molecule has 0 unspecified atom stereocenters. The van der Waals surface area contributed by atoms with Gasteiger partial charge in [0.2, 0.25) is 0 Å². The van der Waals surface area contributed by atoms with Gasteiger partial charge in [0.05, 0.1) is 34.6 Å². The quantitative estimate of drug-likeness (QED) is 0.665. The number of thiophene rings is 1. The third kappa shape index (κ3) is 3.19. The van der Waals surface area contributed by atoms with Crippen molar-refractivity contribution in [2.75, 3.05) is 13.1 Å². The number of nitrogens with one attached hydrogen (secondary N) is 1.